The zero-order valence-electron chi connectivity index (χ0n) is 18.1. The molecule has 8 nitrogen and oxygen atoms in total. The number of benzene rings is 3. The molecule has 0 bridgehead atoms. The molecule has 0 unspecified atom stereocenters. The standard InChI is InChI=1S/C25H21N3O5/c1-3-33-19-14-12-18(13-15-19)27-24(20-9-5-7-11-23(20)32-2)26-21(25(27)29)16-17-8-4-6-10-22(17)28(30)31/h4-16H,3H2,1-2H3/b21-16+. The topological polar surface area (TPSA) is 94.3 Å². The summed E-state index contributed by atoms with van der Waals surface area (Å²) in [6.07, 6.45) is 1.43. The maximum absolute atomic E-state index is 13.5. The summed E-state index contributed by atoms with van der Waals surface area (Å²) >= 11 is 0. The first-order valence-electron chi connectivity index (χ1n) is 10.3. The van der Waals surface area contributed by atoms with Crippen LogP contribution in [0.3, 0.4) is 0 Å². The second-order valence-electron chi connectivity index (χ2n) is 7.05. The van der Waals surface area contributed by atoms with Gasteiger partial charge in [0, 0.05) is 6.07 Å². The van der Waals surface area contributed by atoms with Crippen molar-refractivity contribution in [1.29, 1.82) is 0 Å². The van der Waals surface area contributed by atoms with Crippen molar-refractivity contribution in [2.75, 3.05) is 18.6 Å². The van der Waals surface area contributed by atoms with Crippen LogP contribution in [-0.4, -0.2) is 30.4 Å². The molecule has 1 amide bonds. The van der Waals surface area contributed by atoms with E-state index in [2.05, 4.69) is 4.99 Å². The van der Waals surface area contributed by atoms with Crippen LogP contribution in [0.4, 0.5) is 11.4 Å². The Hall–Kier alpha value is -4.46. The molecule has 0 saturated carbocycles. The van der Waals surface area contributed by atoms with Crippen molar-refractivity contribution in [3.05, 3.63) is 99.7 Å². The molecule has 0 atom stereocenters. The monoisotopic (exact) mass is 443 g/mol. The number of rotatable bonds is 7. The number of nitro groups is 1. The number of amides is 1. The molecular weight excluding hydrogens is 422 g/mol. The summed E-state index contributed by atoms with van der Waals surface area (Å²) in [5.74, 6) is 1.19. The van der Waals surface area contributed by atoms with Gasteiger partial charge in [0.15, 0.2) is 5.84 Å². The number of carbonyl (C=O) groups is 1. The number of methoxy groups -OCH3 is 1. The molecule has 33 heavy (non-hydrogen) atoms. The van der Waals surface area contributed by atoms with Crippen LogP contribution in [-0.2, 0) is 4.79 Å². The molecule has 0 radical (unpaired) electrons. The Kier molecular flexibility index (Phi) is 6.17. The molecule has 166 valence electrons. The van der Waals surface area contributed by atoms with Gasteiger partial charge in [0.1, 0.15) is 17.2 Å². The first-order chi connectivity index (χ1) is 16.0. The smallest absolute Gasteiger partial charge is 0.282 e. The SMILES string of the molecule is CCOc1ccc(N2C(=O)/C(=C\c3ccccc3[N+](=O)[O-])N=C2c2ccccc2OC)cc1. The largest absolute Gasteiger partial charge is 0.496 e. The van der Waals surface area contributed by atoms with E-state index >= 15 is 0 Å². The lowest BCUT2D eigenvalue weighted by atomic mass is 10.1. The zero-order chi connectivity index (χ0) is 23.4. The molecule has 8 heteroatoms. The van der Waals surface area contributed by atoms with Crippen LogP contribution in [0.1, 0.15) is 18.1 Å². The fourth-order valence-electron chi connectivity index (χ4n) is 3.55. The number of hydrogen-bond donors (Lipinski definition) is 0. The second-order valence-corrected chi connectivity index (χ2v) is 7.05. The average Bonchev–Trinajstić information content (AvgIpc) is 3.15. The summed E-state index contributed by atoms with van der Waals surface area (Å²) in [6.45, 7) is 2.42. The molecule has 3 aromatic rings. The number of hydrogen-bond acceptors (Lipinski definition) is 6. The predicted octanol–water partition coefficient (Wildman–Crippen LogP) is 4.84. The number of amidine groups is 1. The lowest BCUT2D eigenvalue weighted by Crippen LogP contribution is -2.32. The van der Waals surface area contributed by atoms with Crippen LogP contribution in [0.2, 0.25) is 0 Å². The van der Waals surface area contributed by atoms with Crippen LogP contribution < -0.4 is 14.4 Å². The van der Waals surface area contributed by atoms with Gasteiger partial charge in [0.25, 0.3) is 11.6 Å². The first kappa shape index (κ1) is 21.8. The van der Waals surface area contributed by atoms with Gasteiger partial charge in [-0.2, -0.15) is 0 Å². The van der Waals surface area contributed by atoms with Gasteiger partial charge in [-0.05, 0) is 55.5 Å². The fraction of sp³-hybridized carbons (Fsp3) is 0.120. The van der Waals surface area contributed by atoms with Crippen molar-refractivity contribution in [3.63, 3.8) is 0 Å². The van der Waals surface area contributed by atoms with E-state index < -0.39 is 10.8 Å². The molecule has 0 aromatic heterocycles. The Balaban J connectivity index is 1.85. The minimum Gasteiger partial charge on any atom is -0.496 e. The molecule has 1 aliphatic heterocycles. The summed E-state index contributed by atoms with van der Waals surface area (Å²) in [4.78, 5) is 30.5. The van der Waals surface area contributed by atoms with Crippen LogP contribution in [0.5, 0.6) is 11.5 Å². The molecule has 1 heterocycles. The minimum absolute atomic E-state index is 0.0825. The number of para-hydroxylation sites is 2. The highest BCUT2D eigenvalue weighted by molar-refractivity contribution is 6.33. The van der Waals surface area contributed by atoms with Crippen molar-refractivity contribution in [3.8, 4) is 11.5 Å². The van der Waals surface area contributed by atoms with E-state index in [1.54, 1.807) is 61.7 Å². The Bertz CT molecular complexity index is 1270. The van der Waals surface area contributed by atoms with E-state index in [4.69, 9.17) is 9.47 Å². The van der Waals surface area contributed by atoms with E-state index in [9.17, 15) is 14.9 Å². The van der Waals surface area contributed by atoms with Crippen molar-refractivity contribution < 1.29 is 19.2 Å². The van der Waals surface area contributed by atoms with E-state index in [-0.39, 0.29) is 11.4 Å². The third-order valence-corrected chi connectivity index (χ3v) is 5.04. The highest BCUT2D eigenvalue weighted by Crippen LogP contribution is 2.33. The number of ether oxygens (including phenoxy) is 2. The van der Waals surface area contributed by atoms with E-state index in [1.165, 1.54) is 17.0 Å². The Labute approximate surface area is 190 Å². The number of anilines is 1. The van der Waals surface area contributed by atoms with Gasteiger partial charge < -0.3 is 9.47 Å². The zero-order valence-corrected chi connectivity index (χ0v) is 18.1. The quantitative estimate of drug-likeness (QED) is 0.296. The first-order valence-corrected chi connectivity index (χ1v) is 10.3. The van der Waals surface area contributed by atoms with Gasteiger partial charge in [-0.3, -0.25) is 19.8 Å². The minimum atomic E-state index is -0.485. The Morgan fingerprint density at radius 3 is 2.42 bits per heavy atom. The van der Waals surface area contributed by atoms with Crippen molar-refractivity contribution in [2.24, 2.45) is 4.99 Å². The van der Waals surface area contributed by atoms with Gasteiger partial charge in [-0.25, -0.2) is 4.99 Å². The van der Waals surface area contributed by atoms with E-state index in [0.29, 0.717) is 40.8 Å². The number of carbonyl (C=O) groups excluding carboxylic acids is 1. The maximum atomic E-state index is 13.5. The molecular formula is C25H21N3O5. The lowest BCUT2D eigenvalue weighted by Gasteiger charge is -2.20. The summed E-state index contributed by atoms with van der Waals surface area (Å²) < 4.78 is 11.0. The molecule has 4 rings (SSSR count). The predicted molar refractivity (Wildman–Crippen MR) is 126 cm³/mol. The Morgan fingerprint density at radius 1 is 1.03 bits per heavy atom. The van der Waals surface area contributed by atoms with Crippen molar-refractivity contribution in [2.45, 2.75) is 6.92 Å². The van der Waals surface area contributed by atoms with Crippen molar-refractivity contribution in [1.82, 2.24) is 0 Å². The summed E-state index contributed by atoms with van der Waals surface area (Å²) in [5.41, 5.74) is 1.47. The number of nitro benzene ring substituents is 1. The van der Waals surface area contributed by atoms with Crippen LogP contribution in [0.25, 0.3) is 6.08 Å². The van der Waals surface area contributed by atoms with Gasteiger partial charge in [0.2, 0.25) is 0 Å². The third kappa shape index (κ3) is 4.31. The average molecular weight is 443 g/mol. The molecule has 0 N–H and O–H groups in total. The van der Waals surface area contributed by atoms with Crippen molar-refractivity contribution >= 4 is 29.2 Å². The van der Waals surface area contributed by atoms with Gasteiger partial charge in [-0.1, -0.05) is 24.3 Å². The number of aliphatic imine (C=N–C) groups is 1. The lowest BCUT2D eigenvalue weighted by molar-refractivity contribution is -0.385. The maximum Gasteiger partial charge on any atom is 0.282 e. The van der Waals surface area contributed by atoms with Crippen LogP contribution in [0, 0.1) is 10.1 Å². The van der Waals surface area contributed by atoms with E-state index in [0.717, 1.165) is 0 Å². The fourth-order valence-corrected chi connectivity index (χ4v) is 3.55. The van der Waals surface area contributed by atoms with E-state index in [1.807, 2.05) is 19.1 Å². The third-order valence-electron chi connectivity index (χ3n) is 5.04. The van der Waals surface area contributed by atoms with Gasteiger partial charge in [0.05, 0.1) is 35.5 Å². The molecule has 0 aliphatic carbocycles. The molecule has 0 spiro atoms. The molecule has 0 saturated heterocycles. The van der Waals surface area contributed by atoms with Gasteiger partial charge in [-0.15, -0.1) is 0 Å². The highest BCUT2D eigenvalue weighted by Gasteiger charge is 2.34. The normalized spacial score (nSPS) is 14.4. The Morgan fingerprint density at radius 2 is 1.73 bits per heavy atom. The molecule has 1 aliphatic rings. The summed E-state index contributed by atoms with van der Waals surface area (Å²) in [5, 5.41) is 11.4. The van der Waals surface area contributed by atoms with Crippen LogP contribution >= 0.6 is 0 Å². The van der Waals surface area contributed by atoms with Gasteiger partial charge >= 0.3 is 0 Å². The highest BCUT2D eigenvalue weighted by atomic mass is 16.6. The molecule has 0 fully saturated rings. The molecule has 3 aromatic carbocycles. The van der Waals surface area contributed by atoms with Crippen LogP contribution in [0.15, 0.2) is 83.5 Å². The second kappa shape index (κ2) is 9.35. The summed E-state index contributed by atoms with van der Waals surface area (Å²) in [6, 6.07) is 20.5. The summed E-state index contributed by atoms with van der Waals surface area (Å²) in [7, 11) is 1.54. The number of nitrogens with zero attached hydrogens (tertiary/aromatic N) is 3.